The average molecular weight is 556 g/mol. The number of carbonyl (C=O) groups excluding carboxylic acids is 2. The van der Waals surface area contributed by atoms with Crippen LogP contribution in [0.5, 0.6) is 0 Å². The maximum atomic E-state index is 13.6. The minimum atomic E-state index is -1.25. The summed E-state index contributed by atoms with van der Waals surface area (Å²) in [6, 6.07) is 14.2. The summed E-state index contributed by atoms with van der Waals surface area (Å²) in [4.78, 5) is 27.2. The topological polar surface area (TPSA) is 90.9 Å². The Balaban J connectivity index is 1.66. The summed E-state index contributed by atoms with van der Waals surface area (Å²) in [7, 11) is 3.29. The standard InChI is InChI=1S/C31H42ClN3O4/c1-21-8-4-9-22(18-21)28-26(11-5-12-27(28)32)31(38,15-7-16-34-30(37)39-3)24-10-6-17-35(20-24)29(36)23-13-14-25(19-23)33-2/h4-5,8-9,11-12,18,23-25,33,38H,6-7,10,13-17,19-20H2,1-3H3,(H,34,37)/t23-,24-,25+,31+/m1/s1. The molecule has 2 fully saturated rings. The Morgan fingerprint density at radius 1 is 1.18 bits per heavy atom. The van der Waals surface area contributed by atoms with Gasteiger partial charge in [0.2, 0.25) is 5.91 Å². The second-order valence-corrected chi connectivity index (χ2v) is 11.5. The summed E-state index contributed by atoms with van der Waals surface area (Å²) in [6.07, 6.45) is 4.88. The predicted molar refractivity (Wildman–Crippen MR) is 155 cm³/mol. The van der Waals surface area contributed by atoms with Gasteiger partial charge in [0.15, 0.2) is 0 Å². The number of halogens is 1. The third-order valence-electron chi connectivity index (χ3n) is 8.57. The molecular formula is C31H42ClN3O4. The first-order chi connectivity index (χ1) is 18.8. The number of likely N-dealkylation sites (tertiary alicyclic amines) is 1. The molecule has 0 bridgehead atoms. The van der Waals surface area contributed by atoms with Crippen molar-refractivity contribution >= 4 is 23.6 Å². The van der Waals surface area contributed by atoms with Gasteiger partial charge in [-0.25, -0.2) is 4.79 Å². The highest BCUT2D eigenvalue weighted by atomic mass is 35.5. The molecule has 2 amide bonds. The molecule has 2 aromatic rings. The van der Waals surface area contributed by atoms with Crippen molar-refractivity contribution in [3.05, 3.63) is 58.6 Å². The fraction of sp³-hybridized carbons (Fsp3) is 0.548. The molecule has 4 atom stereocenters. The van der Waals surface area contributed by atoms with Crippen LogP contribution in [0.1, 0.15) is 56.1 Å². The lowest BCUT2D eigenvalue weighted by Crippen LogP contribution is -2.49. The van der Waals surface area contributed by atoms with Gasteiger partial charge < -0.3 is 25.4 Å². The zero-order valence-electron chi connectivity index (χ0n) is 23.3. The van der Waals surface area contributed by atoms with Crippen LogP contribution in [-0.2, 0) is 15.1 Å². The summed E-state index contributed by atoms with van der Waals surface area (Å²) in [5.74, 6) is 0.0709. The van der Waals surface area contributed by atoms with Crippen molar-refractivity contribution in [3.8, 4) is 11.1 Å². The van der Waals surface area contributed by atoms with Crippen molar-refractivity contribution in [2.75, 3.05) is 33.8 Å². The van der Waals surface area contributed by atoms with Gasteiger partial charge in [-0.2, -0.15) is 0 Å². The van der Waals surface area contributed by atoms with Gasteiger partial charge in [0.05, 0.1) is 12.7 Å². The van der Waals surface area contributed by atoms with Crippen molar-refractivity contribution in [3.63, 3.8) is 0 Å². The Labute approximate surface area is 237 Å². The molecule has 3 N–H and O–H groups in total. The molecule has 0 unspecified atom stereocenters. The Kier molecular flexibility index (Phi) is 9.91. The minimum Gasteiger partial charge on any atom is -0.453 e. The van der Waals surface area contributed by atoms with Gasteiger partial charge in [-0.05, 0) is 76.1 Å². The highest BCUT2D eigenvalue weighted by Gasteiger charge is 2.44. The van der Waals surface area contributed by atoms with Gasteiger partial charge in [0.1, 0.15) is 0 Å². The Morgan fingerprint density at radius 2 is 1.97 bits per heavy atom. The fourth-order valence-electron chi connectivity index (χ4n) is 6.45. The van der Waals surface area contributed by atoms with E-state index in [1.165, 1.54) is 7.11 Å². The van der Waals surface area contributed by atoms with Crippen LogP contribution >= 0.6 is 11.6 Å². The van der Waals surface area contributed by atoms with Gasteiger partial charge in [-0.1, -0.05) is 53.6 Å². The number of aliphatic hydroxyl groups is 1. The highest BCUT2D eigenvalue weighted by molar-refractivity contribution is 6.33. The predicted octanol–water partition coefficient (Wildman–Crippen LogP) is 5.27. The number of alkyl carbamates (subject to hydrolysis) is 1. The molecule has 1 heterocycles. The van der Waals surface area contributed by atoms with Crippen LogP contribution in [-0.4, -0.2) is 61.8 Å². The first kappa shape index (κ1) is 29.4. The van der Waals surface area contributed by atoms with Crippen LogP contribution < -0.4 is 10.6 Å². The molecule has 4 rings (SSSR count). The maximum absolute atomic E-state index is 13.6. The molecule has 1 aliphatic carbocycles. The number of carbonyl (C=O) groups is 2. The van der Waals surface area contributed by atoms with E-state index in [9.17, 15) is 14.7 Å². The fourth-order valence-corrected chi connectivity index (χ4v) is 6.74. The number of benzene rings is 2. The Bertz CT molecular complexity index is 1160. The Morgan fingerprint density at radius 3 is 2.69 bits per heavy atom. The van der Waals surface area contributed by atoms with Crippen LogP contribution in [0.25, 0.3) is 11.1 Å². The smallest absolute Gasteiger partial charge is 0.406 e. The summed E-state index contributed by atoms with van der Waals surface area (Å²) < 4.78 is 4.71. The number of methoxy groups -OCH3 is 1. The van der Waals surface area contributed by atoms with E-state index in [1.54, 1.807) is 0 Å². The molecule has 7 nitrogen and oxygen atoms in total. The second-order valence-electron chi connectivity index (χ2n) is 11.1. The van der Waals surface area contributed by atoms with E-state index in [-0.39, 0.29) is 17.7 Å². The van der Waals surface area contributed by atoms with Crippen molar-refractivity contribution in [1.82, 2.24) is 15.5 Å². The lowest BCUT2D eigenvalue weighted by Gasteiger charge is -2.44. The number of nitrogens with one attached hydrogen (secondary N) is 2. The summed E-state index contributed by atoms with van der Waals surface area (Å²) in [5.41, 5.74) is 2.41. The number of piperidine rings is 1. The second kappa shape index (κ2) is 13.2. The van der Waals surface area contributed by atoms with E-state index in [0.29, 0.717) is 37.0 Å². The van der Waals surface area contributed by atoms with Crippen LogP contribution in [0.3, 0.4) is 0 Å². The van der Waals surface area contributed by atoms with Crippen molar-refractivity contribution in [1.29, 1.82) is 0 Å². The number of aryl methyl sites for hydroxylation is 1. The molecule has 0 spiro atoms. The first-order valence-corrected chi connectivity index (χ1v) is 14.5. The van der Waals surface area contributed by atoms with Gasteiger partial charge >= 0.3 is 6.09 Å². The number of hydrogen-bond donors (Lipinski definition) is 3. The number of nitrogens with zero attached hydrogens (tertiary/aromatic N) is 1. The third kappa shape index (κ3) is 6.76. The molecular weight excluding hydrogens is 514 g/mol. The van der Waals surface area contributed by atoms with E-state index in [4.69, 9.17) is 16.3 Å². The van der Waals surface area contributed by atoms with Crippen LogP contribution in [0.2, 0.25) is 5.02 Å². The molecule has 2 aromatic carbocycles. The lowest BCUT2D eigenvalue weighted by molar-refractivity contribution is -0.140. The number of hydrogen-bond acceptors (Lipinski definition) is 5. The average Bonchev–Trinajstić information content (AvgIpc) is 3.44. The quantitative estimate of drug-likeness (QED) is 0.367. The molecule has 0 radical (unpaired) electrons. The minimum absolute atomic E-state index is 0.0348. The number of amides is 2. The Hall–Kier alpha value is -2.61. The maximum Gasteiger partial charge on any atom is 0.406 e. The van der Waals surface area contributed by atoms with E-state index in [1.807, 2.05) is 55.3 Å². The summed E-state index contributed by atoms with van der Waals surface area (Å²) in [5, 5.41) is 19.3. The van der Waals surface area contributed by atoms with Gasteiger partial charge in [0.25, 0.3) is 0 Å². The zero-order valence-corrected chi connectivity index (χ0v) is 24.1. The molecule has 39 heavy (non-hydrogen) atoms. The monoisotopic (exact) mass is 555 g/mol. The van der Waals surface area contributed by atoms with Crippen LogP contribution in [0.4, 0.5) is 4.79 Å². The van der Waals surface area contributed by atoms with Gasteiger partial charge in [0, 0.05) is 48.1 Å². The zero-order chi connectivity index (χ0) is 28.0. The first-order valence-electron chi connectivity index (χ1n) is 14.1. The van der Waals surface area contributed by atoms with E-state index < -0.39 is 11.7 Å². The van der Waals surface area contributed by atoms with Gasteiger partial charge in [-0.3, -0.25) is 4.79 Å². The normalized spacial score (nSPS) is 22.8. The molecule has 1 saturated heterocycles. The van der Waals surface area contributed by atoms with Crippen LogP contribution in [0, 0.1) is 18.8 Å². The number of ether oxygens (including phenoxy) is 1. The lowest BCUT2D eigenvalue weighted by atomic mass is 9.72. The summed E-state index contributed by atoms with van der Waals surface area (Å²) >= 11 is 6.82. The highest BCUT2D eigenvalue weighted by Crippen LogP contribution is 2.46. The van der Waals surface area contributed by atoms with E-state index in [0.717, 1.165) is 60.9 Å². The molecule has 2 aliphatic rings. The molecule has 1 aliphatic heterocycles. The number of rotatable bonds is 9. The summed E-state index contributed by atoms with van der Waals surface area (Å²) in [6.45, 7) is 3.63. The van der Waals surface area contributed by atoms with Gasteiger partial charge in [-0.15, -0.1) is 0 Å². The van der Waals surface area contributed by atoms with Crippen LogP contribution in [0.15, 0.2) is 42.5 Å². The molecule has 1 saturated carbocycles. The largest absolute Gasteiger partial charge is 0.453 e. The molecule has 212 valence electrons. The van der Waals surface area contributed by atoms with Crippen molar-refractivity contribution < 1.29 is 19.4 Å². The SMILES string of the molecule is CN[C@H]1CC[C@@H](C(=O)N2CCC[C@@H]([C@@](O)(CCCNC(=O)OC)c3cccc(Cl)c3-c3cccc(C)c3)C2)C1. The molecule has 8 heteroatoms. The molecule has 0 aromatic heterocycles. The van der Waals surface area contributed by atoms with E-state index in [2.05, 4.69) is 16.7 Å². The van der Waals surface area contributed by atoms with E-state index >= 15 is 0 Å². The van der Waals surface area contributed by atoms with Crippen molar-refractivity contribution in [2.24, 2.45) is 11.8 Å². The third-order valence-corrected chi connectivity index (χ3v) is 8.89. The van der Waals surface area contributed by atoms with Crippen molar-refractivity contribution in [2.45, 2.75) is 63.5 Å².